The molecule has 25 heavy (non-hydrogen) atoms. The van der Waals surface area contributed by atoms with Gasteiger partial charge in [0.2, 0.25) is 5.91 Å². The quantitative estimate of drug-likeness (QED) is 0.914. The van der Waals surface area contributed by atoms with Crippen LogP contribution in [-0.4, -0.2) is 28.4 Å². The summed E-state index contributed by atoms with van der Waals surface area (Å²) in [6, 6.07) is 12.7. The van der Waals surface area contributed by atoms with Crippen LogP contribution in [0, 0.1) is 0 Å². The molecular formula is C20H18ClNO3. The van der Waals surface area contributed by atoms with Crippen molar-refractivity contribution in [1.82, 2.24) is 4.90 Å². The molecule has 1 amide bonds. The van der Waals surface area contributed by atoms with Crippen molar-refractivity contribution in [2.75, 3.05) is 6.54 Å². The second-order valence-corrected chi connectivity index (χ2v) is 7.29. The molecule has 0 unspecified atom stereocenters. The maximum Gasteiger partial charge on any atom is 0.335 e. The van der Waals surface area contributed by atoms with Gasteiger partial charge in [0, 0.05) is 18.1 Å². The van der Waals surface area contributed by atoms with Gasteiger partial charge in [-0.25, -0.2) is 4.79 Å². The molecule has 0 spiro atoms. The number of rotatable bonds is 3. The predicted octanol–water partition coefficient (Wildman–Crippen LogP) is 3.65. The maximum atomic E-state index is 13.2. The Hall–Kier alpha value is -2.33. The molecule has 5 heteroatoms. The zero-order valence-corrected chi connectivity index (χ0v) is 14.4. The van der Waals surface area contributed by atoms with E-state index in [1.807, 2.05) is 35.2 Å². The lowest BCUT2D eigenvalue weighted by Gasteiger charge is -2.32. The fourth-order valence-electron chi connectivity index (χ4n) is 3.69. The molecule has 0 bridgehead atoms. The highest BCUT2D eigenvalue weighted by Gasteiger charge is 2.53. The third-order valence-electron chi connectivity index (χ3n) is 5.31. The third-order valence-corrected chi connectivity index (χ3v) is 5.56. The highest BCUT2D eigenvalue weighted by atomic mass is 35.5. The molecule has 2 aromatic carbocycles. The van der Waals surface area contributed by atoms with Gasteiger partial charge in [0.15, 0.2) is 0 Å². The monoisotopic (exact) mass is 355 g/mol. The van der Waals surface area contributed by atoms with Crippen LogP contribution in [0.3, 0.4) is 0 Å². The molecule has 2 aromatic rings. The summed E-state index contributed by atoms with van der Waals surface area (Å²) in [4.78, 5) is 26.2. The van der Waals surface area contributed by atoms with E-state index in [0.717, 1.165) is 36.0 Å². The van der Waals surface area contributed by atoms with E-state index in [9.17, 15) is 14.7 Å². The summed E-state index contributed by atoms with van der Waals surface area (Å²) < 4.78 is 0. The van der Waals surface area contributed by atoms with Gasteiger partial charge in [0.1, 0.15) is 0 Å². The number of halogens is 1. The number of aromatic carboxylic acids is 1. The molecule has 1 saturated carbocycles. The van der Waals surface area contributed by atoms with E-state index in [1.54, 1.807) is 12.1 Å². The van der Waals surface area contributed by atoms with Crippen molar-refractivity contribution in [2.45, 2.75) is 31.2 Å². The maximum absolute atomic E-state index is 13.2. The van der Waals surface area contributed by atoms with Crippen LogP contribution in [0.25, 0.3) is 0 Å². The molecule has 1 N–H and O–H groups in total. The lowest BCUT2D eigenvalue weighted by molar-refractivity contribution is -0.134. The average molecular weight is 356 g/mol. The molecule has 0 radical (unpaired) electrons. The van der Waals surface area contributed by atoms with Crippen LogP contribution >= 0.6 is 11.6 Å². The van der Waals surface area contributed by atoms with Gasteiger partial charge in [0.05, 0.1) is 11.0 Å². The van der Waals surface area contributed by atoms with Crippen molar-refractivity contribution in [1.29, 1.82) is 0 Å². The molecule has 2 aliphatic rings. The van der Waals surface area contributed by atoms with E-state index in [1.165, 1.54) is 0 Å². The first-order valence-electron chi connectivity index (χ1n) is 8.40. The number of carboxylic acid groups (broad SMARTS) is 1. The first-order chi connectivity index (χ1) is 12.0. The highest BCUT2D eigenvalue weighted by molar-refractivity contribution is 6.30. The summed E-state index contributed by atoms with van der Waals surface area (Å²) in [6.45, 7) is 1.15. The summed E-state index contributed by atoms with van der Waals surface area (Å²) in [5.74, 6) is -0.799. The fraction of sp³-hybridized carbons (Fsp3) is 0.300. The highest BCUT2D eigenvalue weighted by Crippen LogP contribution is 2.50. The lowest BCUT2D eigenvalue weighted by Crippen LogP contribution is -2.42. The molecule has 1 aliphatic carbocycles. The van der Waals surface area contributed by atoms with E-state index in [2.05, 4.69) is 0 Å². The molecule has 128 valence electrons. The zero-order valence-electron chi connectivity index (χ0n) is 13.7. The number of carboxylic acids is 1. The summed E-state index contributed by atoms with van der Waals surface area (Å²) >= 11 is 5.96. The van der Waals surface area contributed by atoms with E-state index < -0.39 is 11.4 Å². The number of benzene rings is 2. The van der Waals surface area contributed by atoms with Crippen molar-refractivity contribution in [3.05, 3.63) is 69.7 Å². The number of nitrogens with zero attached hydrogens (tertiary/aromatic N) is 1. The lowest BCUT2D eigenvalue weighted by atomic mass is 9.91. The standard InChI is InChI=1S/C20H18ClNO3/c21-17-5-3-16(4-6-17)20(8-9-20)19(25)22-10-7-13-1-2-14(18(23)24)11-15(13)12-22/h1-6,11H,7-10,12H2,(H,23,24). The number of hydrogen-bond acceptors (Lipinski definition) is 2. The van der Waals surface area contributed by atoms with Crippen LogP contribution in [0.4, 0.5) is 0 Å². The number of hydrogen-bond donors (Lipinski definition) is 1. The number of fused-ring (bicyclic) bond motifs is 1. The minimum atomic E-state index is -0.939. The van der Waals surface area contributed by atoms with Gasteiger partial charge in [-0.15, -0.1) is 0 Å². The molecule has 4 nitrogen and oxygen atoms in total. The van der Waals surface area contributed by atoms with Crippen LogP contribution in [0.2, 0.25) is 5.02 Å². The Morgan fingerprint density at radius 2 is 1.76 bits per heavy atom. The Bertz CT molecular complexity index is 856. The SMILES string of the molecule is O=C(O)c1ccc2c(c1)CN(C(=O)C1(c3ccc(Cl)cc3)CC1)CC2. The zero-order chi connectivity index (χ0) is 17.6. The largest absolute Gasteiger partial charge is 0.478 e. The number of carbonyl (C=O) groups is 2. The second-order valence-electron chi connectivity index (χ2n) is 6.85. The van der Waals surface area contributed by atoms with Gasteiger partial charge in [-0.3, -0.25) is 4.79 Å². The number of carbonyl (C=O) groups excluding carboxylic acids is 1. The molecular weight excluding hydrogens is 338 g/mol. The van der Waals surface area contributed by atoms with Crippen LogP contribution in [0.1, 0.15) is 39.9 Å². The van der Waals surface area contributed by atoms with Crippen molar-refractivity contribution >= 4 is 23.5 Å². The normalized spacial score (nSPS) is 17.7. The van der Waals surface area contributed by atoms with E-state index >= 15 is 0 Å². The molecule has 4 rings (SSSR count). The van der Waals surface area contributed by atoms with Gasteiger partial charge >= 0.3 is 5.97 Å². The predicted molar refractivity (Wildman–Crippen MR) is 94.9 cm³/mol. The summed E-state index contributed by atoms with van der Waals surface area (Å²) in [7, 11) is 0. The Morgan fingerprint density at radius 3 is 2.40 bits per heavy atom. The van der Waals surface area contributed by atoms with Gasteiger partial charge in [0.25, 0.3) is 0 Å². The summed E-state index contributed by atoms with van der Waals surface area (Å²) in [6.07, 6.45) is 2.47. The van der Waals surface area contributed by atoms with Crippen LogP contribution in [0.5, 0.6) is 0 Å². The Kier molecular flexibility index (Phi) is 3.80. The topological polar surface area (TPSA) is 57.6 Å². The Labute approximate surface area is 151 Å². The van der Waals surface area contributed by atoms with Crippen LogP contribution in [0.15, 0.2) is 42.5 Å². The smallest absolute Gasteiger partial charge is 0.335 e. The Morgan fingerprint density at radius 1 is 1.04 bits per heavy atom. The van der Waals surface area contributed by atoms with Gasteiger partial charge in [-0.05, 0) is 60.2 Å². The molecule has 1 fully saturated rings. The summed E-state index contributed by atoms with van der Waals surface area (Å²) in [5, 5.41) is 9.85. The van der Waals surface area contributed by atoms with Crippen LogP contribution in [-0.2, 0) is 23.2 Å². The van der Waals surface area contributed by atoms with Crippen molar-refractivity contribution in [3.63, 3.8) is 0 Å². The molecule has 0 aromatic heterocycles. The van der Waals surface area contributed by atoms with Crippen molar-refractivity contribution < 1.29 is 14.7 Å². The van der Waals surface area contributed by atoms with Crippen LogP contribution < -0.4 is 0 Å². The number of amides is 1. The molecule has 0 saturated heterocycles. The van der Waals surface area contributed by atoms with E-state index in [0.29, 0.717) is 18.1 Å². The minimum Gasteiger partial charge on any atom is -0.478 e. The Balaban J connectivity index is 1.59. The fourth-order valence-corrected chi connectivity index (χ4v) is 3.81. The van der Waals surface area contributed by atoms with Gasteiger partial charge < -0.3 is 10.0 Å². The molecule has 0 atom stereocenters. The summed E-state index contributed by atoms with van der Waals surface area (Å²) in [5.41, 5.74) is 2.93. The van der Waals surface area contributed by atoms with E-state index in [-0.39, 0.29) is 11.5 Å². The first-order valence-corrected chi connectivity index (χ1v) is 8.78. The second kappa shape index (κ2) is 5.88. The minimum absolute atomic E-state index is 0.140. The molecule has 1 heterocycles. The first kappa shape index (κ1) is 16.2. The van der Waals surface area contributed by atoms with Crippen molar-refractivity contribution in [2.24, 2.45) is 0 Å². The molecule has 1 aliphatic heterocycles. The van der Waals surface area contributed by atoms with Crippen molar-refractivity contribution in [3.8, 4) is 0 Å². The van der Waals surface area contributed by atoms with Gasteiger partial charge in [-0.1, -0.05) is 29.8 Å². The third kappa shape index (κ3) is 2.81. The average Bonchev–Trinajstić information content (AvgIpc) is 3.42. The van der Waals surface area contributed by atoms with E-state index in [4.69, 9.17) is 11.6 Å². The van der Waals surface area contributed by atoms with Gasteiger partial charge in [-0.2, -0.15) is 0 Å².